The first kappa shape index (κ1) is 29.8. The van der Waals surface area contributed by atoms with Gasteiger partial charge in [0.2, 0.25) is 5.91 Å². The number of carboxylic acids is 1. The molecule has 1 aliphatic carbocycles. The maximum absolute atomic E-state index is 13.3. The van der Waals surface area contributed by atoms with Crippen molar-refractivity contribution in [3.8, 4) is 11.1 Å². The minimum Gasteiger partial charge on any atom is -0.480 e. The molecule has 0 saturated carbocycles. The molecule has 0 aliphatic heterocycles. The summed E-state index contributed by atoms with van der Waals surface area (Å²) in [6.07, 6.45) is -0.970. The van der Waals surface area contributed by atoms with Crippen LogP contribution >= 0.6 is 0 Å². The smallest absolute Gasteiger partial charge is 0.407 e. The number of ether oxygens (including phenoxy) is 3. The van der Waals surface area contributed by atoms with E-state index >= 15 is 0 Å². The monoisotopic (exact) mass is 560 g/mol. The number of carboxylic acid groups (broad SMARTS) is 1. The Kier molecular flexibility index (Phi) is 10.5. The average Bonchev–Trinajstić information content (AvgIpc) is 3.31. The summed E-state index contributed by atoms with van der Waals surface area (Å²) >= 11 is 0. The first-order valence-electron chi connectivity index (χ1n) is 13.7. The van der Waals surface area contributed by atoms with E-state index in [0.717, 1.165) is 27.8 Å². The molecule has 0 saturated heterocycles. The average molecular weight is 561 g/mol. The number of amides is 2. The standard InChI is InChI=1S/C32H36N2O7/c1-21(40-19-22-11-4-3-5-12-22)29(30(35)33-28(31(36)37)17-10-18-39-2)34-32(38)41-20-27-25-15-8-6-13-23(25)24-14-7-9-16-26(24)27/h3-9,11-16,21,27-29H,10,17-20H2,1-2H3,(H,33,35)(H,34,38)(H,36,37)/t21-,28?,29+/m0/s1. The maximum atomic E-state index is 13.3. The molecule has 9 nitrogen and oxygen atoms in total. The summed E-state index contributed by atoms with van der Waals surface area (Å²) in [5.74, 6) is -2.00. The van der Waals surface area contributed by atoms with Crippen LogP contribution in [0.1, 0.15) is 42.4 Å². The van der Waals surface area contributed by atoms with Crippen molar-refractivity contribution in [2.24, 2.45) is 0 Å². The third-order valence-corrected chi connectivity index (χ3v) is 7.18. The quantitative estimate of drug-likeness (QED) is 0.248. The molecule has 0 radical (unpaired) electrons. The molecular weight excluding hydrogens is 524 g/mol. The minimum absolute atomic E-state index is 0.0716. The molecule has 3 aromatic rings. The van der Waals surface area contributed by atoms with Crippen LogP contribution in [0, 0.1) is 0 Å². The van der Waals surface area contributed by atoms with Crippen molar-refractivity contribution < 1.29 is 33.7 Å². The highest BCUT2D eigenvalue weighted by Gasteiger charge is 2.33. The summed E-state index contributed by atoms with van der Waals surface area (Å²) in [4.78, 5) is 38.2. The van der Waals surface area contributed by atoms with E-state index in [2.05, 4.69) is 10.6 Å². The topological polar surface area (TPSA) is 123 Å². The lowest BCUT2D eigenvalue weighted by Gasteiger charge is -2.26. The van der Waals surface area contributed by atoms with Crippen LogP contribution in [-0.4, -0.2) is 61.6 Å². The van der Waals surface area contributed by atoms with Crippen LogP contribution in [0.5, 0.6) is 0 Å². The van der Waals surface area contributed by atoms with E-state index in [9.17, 15) is 19.5 Å². The Bertz CT molecular complexity index is 1280. The zero-order chi connectivity index (χ0) is 29.2. The fourth-order valence-electron chi connectivity index (χ4n) is 5.01. The summed E-state index contributed by atoms with van der Waals surface area (Å²) in [5.41, 5.74) is 5.23. The third kappa shape index (κ3) is 7.71. The van der Waals surface area contributed by atoms with Gasteiger partial charge >= 0.3 is 12.1 Å². The number of fused-ring (bicyclic) bond motifs is 3. The highest BCUT2D eigenvalue weighted by Crippen LogP contribution is 2.44. The van der Waals surface area contributed by atoms with Crippen LogP contribution in [0.3, 0.4) is 0 Å². The lowest BCUT2D eigenvalue weighted by molar-refractivity contribution is -0.143. The molecule has 2 amide bonds. The van der Waals surface area contributed by atoms with Gasteiger partial charge in [-0.1, -0.05) is 78.9 Å². The van der Waals surface area contributed by atoms with E-state index < -0.39 is 36.2 Å². The van der Waals surface area contributed by atoms with Gasteiger partial charge in [0.05, 0.1) is 12.7 Å². The molecule has 3 N–H and O–H groups in total. The van der Waals surface area contributed by atoms with E-state index in [1.165, 1.54) is 7.11 Å². The Morgan fingerprint density at radius 2 is 1.49 bits per heavy atom. The van der Waals surface area contributed by atoms with Crippen LogP contribution in [0.4, 0.5) is 4.79 Å². The number of carbonyl (C=O) groups excluding carboxylic acids is 2. The van der Waals surface area contributed by atoms with Gasteiger partial charge in [0.15, 0.2) is 0 Å². The number of carbonyl (C=O) groups is 3. The molecule has 1 aliphatic rings. The maximum Gasteiger partial charge on any atom is 0.407 e. The Morgan fingerprint density at radius 1 is 0.878 bits per heavy atom. The number of methoxy groups -OCH3 is 1. The lowest BCUT2D eigenvalue weighted by Crippen LogP contribution is -2.56. The second-order valence-electron chi connectivity index (χ2n) is 9.98. The molecule has 9 heteroatoms. The van der Waals surface area contributed by atoms with E-state index in [1.807, 2.05) is 78.9 Å². The second kappa shape index (κ2) is 14.4. The number of benzene rings is 3. The molecule has 0 spiro atoms. The summed E-state index contributed by atoms with van der Waals surface area (Å²) in [7, 11) is 1.52. The van der Waals surface area contributed by atoms with Gasteiger partial charge in [-0.3, -0.25) is 4.79 Å². The van der Waals surface area contributed by atoms with Gasteiger partial charge in [-0.25, -0.2) is 9.59 Å². The zero-order valence-corrected chi connectivity index (χ0v) is 23.2. The van der Waals surface area contributed by atoms with Crippen LogP contribution in [-0.2, 0) is 30.4 Å². The summed E-state index contributed by atoms with van der Waals surface area (Å²) < 4.78 is 16.6. The predicted molar refractivity (Wildman–Crippen MR) is 153 cm³/mol. The normalized spacial score (nSPS) is 14.3. The molecule has 0 fully saturated rings. The van der Waals surface area contributed by atoms with Crippen molar-refractivity contribution in [2.45, 2.75) is 50.5 Å². The highest BCUT2D eigenvalue weighted by atomic mass is 16.5. The number of aliphatic carboxylic acids is 1. The summed E-state index contributed by atoms with van der Waals surface area (Å²) in [5, 5.41) is 14.8. The van der Waals surface area contributed by atoms with Gasteiger partial charge < -0.3 is 30.0 Å². The van der Waals surface area contributed by atoms with E-state index in [4.69, 9.17) is 14.2 Å². The molecular formula is C32H36N2O7. The minimum atomic E-state index is -1.20. The van der Waals surface area contributed by atoms with Crippen LogP contribution in [0.15, 0.2) is 78.9 Å². The van der Waals surface area contributed by atoms with Gasteiger partial charge in [-0.05, 0) is 47.6 Å². The van der Waals surface area contributed by atoms with E-state index in [0.29, 0.717) is 13.0 Å². The van der Waals surface area contributed by atoms with Crippen molar-refractivity contribution >= 4 is 18.0 Å². The number of hydrogen-bond donors (Lipinski definition) is 3. The summed E-state index contributed by atoms with van der Waals surface area (Å²) in [6.45, 7) is 2.28. The Balaban J connectivity index is 1.44. The molecule has 0 heterocycles. The van der Waals surface area contributed by atoms with E-state index in [1.54, 1.807) is 6.92 Å². The number of nitrogens with one attached hydrogen (secondary N) is 2. The molecule has 0 bridgehead atoms. The van der Waals surface area contributed by atoms with Crippen molar-refractivity contribution in [1.29, 1.82) is 0 Å². The number of rotatable bonds is 14. The first-order chi connectivity index (χ1) is 19.9. The van der Waals surface area contributed by atoms with E-state index in [-0.39, 0.29) is 25.6 Å². The van der Waals surface area contributed by atoms with Crippen LogP contribution in [0.2, 0.25) is 0 Å². The SMILES string of the molecule is COCCCC(NC(=O)[C@H](NC(=O)OCC1c2ccccc2-c2ccccc21)[C@H](C)OCc1ccccc1)C(=O)O. The highest BCUT2D eigenvalue weighted by molar-refractivity contribution is 5.89. The van der Waals surface area contributed by atoms with Crippen LogP contribution < -0.4 is 10.6 Å². The Labute approximate surface area is 239 Å². The van der Waals surface area contributed by atoms with Gasteiger partial charge in [0.1, 0.15) is 18.7 Å². The fourth-order valence-corrected chi connectivity index (χ4v) is 5.01. The van der Waals surface area contributed by atoms with Crippen LogP contribution in [0.25, 0.3) is 11.1 Å². The van der Waals surface area contributed by atoms with Gasteiger partial charge in [-0.2, -0.15) is 0 Å². The molecule has 0 aromatic heterocycles. The first-order valence-corrected chi connectivity index (χ1v) is 13.7. The van der Waals surface area contributed by atoms with Gasteiger partial charge in [0.25, 0.3) is 0 Å². The van der Waals surface area contributed by atoms with Crippen molar-refractivity contribution in [1.82, 2.24) is 10.6 Å². The molecule has 41 heavy (non-hydrogen) atoms. The lowest BCUT2D eigenvalue weighted by atomic mass is 9.98. The zero-order valence-electron chi connectivity index (χ0n) is 23.2. The molecule has 216 valence electrons. The predicted octanol–water partition coefficient (Wildman–Crippen LogP) is 4.50. The van der Waals surface area contributed by atoms with Crippen molar-refractivity contribution in [2.75, 3.05) is 20.3 Å². The van der Waals surface area contributed by atoms with Gasteiger partial charge in [-0.15, -0.1) is 0 Å². The Morgan fingerprint density at radius 3 is 2.10 bits per heavy atom. The Hall–Kier alpha value is -4.21. The molecule has 1 unspecified atom stereocenters. The van der Waals surface area contributed by atoms with Crippen molar-refractivity contribution in [3.63, 3.8) is 0 Å². The number of hydrogen-bond acceptors (Lipinski definition) is 6. The molecule has 3 atom stereocenters. The van der Waals surface area contributed by atoms with Gasteiger partial charge in [0, 0.05) is 19.6 Å². The molecule has 3 aromatic carbocycles. The molecule has 4 rings (SSSR count). The summed E-state index contributed by atoms with van der Waals surface area (Å²) in [6, 6.07) is 23.1. The number of alkyl carbamates (subject to hydrolysis) is 1. The fraction of sp³-hybridized carbons (Fsp3) is 0.344. The third-order valence-electron chi connectivity index (χ3n) is 7.18. The van der Waals surface area contributed by atoms with Crippen molar-refractivity contribution in [3.05, 3.63) is 95.6 Å². The second-order valence-corrected chi connectivity index (χ2v) is 9.98. The largest absolute Gasteiger partial charge is 0.480 e.